The van der Waals surface area contributed by atoms with Crippen molar-refractivity contribution in [3.63, 3.8) is 0 Å². The van der Waals surface area contributed by atoms with Gasteiger partial charge in [0, 0.05) is 31.0 Å². The van der Waals surface area contributed by atoms with Crippen LogP contribution in [-0.2, 0) is 7.05 Å². The highest BCUT2D eigenvalue weighted by molar-refractivity contribution is 5.94. The summed E-state index contributed by atoms with van der Waals surface area (Å²) >= 11 is 0. The van der Waals surface area contributed by atoms with Crippen molar-refractivity contribution in [2.45, 2.75) is 6.04 Å². The summed E-state index contributed by atoms with van der Waals surface area (Å²) in [7, 11) is 5.98. The molecule has 5 heteroatoms. The monoisotopic (exact) mass is 296 g/mol. The first-order valence-electron chi connectivity index (χ1n) is 7.09. The van der Waals surface area contributed by atoms with Crippen LogP contribution in [0.5, 0.6) is 0 Å². The maximum absolute atomic E-state index is 12.2. The van der Waals surface area contributed by atoms with Crippen LogP contribution in [0.15, 0.2) is 42.6 Å². The Morgan fingerprint density at radius 3 is 2.50 bits per heavy atom. The Morgan fingerprint density at radius 2 is 2.00 bits per heavy atom. The van der Waals surface area contributed by atoms with Crippen LogP contribution < -0.4 is 5.32 Å². The molecule has 1 atom stereocenters. The third-order valence-corrected chi connectivity index (χ3v) is 3.68. The predicted octanol–water partition coefficient (Wildman–Crippen LogP) is 1.93. The lowest BCUT2D eigenvalue weighted by Gasteiger charge is -2.25. The summed E-state index contributed by atoms with van der Waals surface area (Å²) in [5.74, 6) is -0.134. The summed E-state index contributed by atoms with van der Waals surface area (Å²) in [6.45, 7) is 0.518. The van der Waals surface area contributed by atoms with Crippen LogP contribution in [0.3, 0.4) is 0 Å². The molecule has 0 radical (unpaired) electrons. The van der Waals surface area contributed by atoms with Gasteiger partial charge in [-0.05, 0) is 50.5 Å². The third kappa shape index (κ3) is 3.54. The molecule has 0 unspecified atom stereocenters. The second kappa shape index (κ2) is 6.92. The highest BCUT2D eigenvalue weighted by Crippen LogP contribution is 2.17. The summed E-state index contributed by atoms with van der Waals surface area (Å²) in [4.78, 5) is 14.3. The van der Waals surface area contributed by atoms with Crippen LogP contribution in [0.2, 0.25) is 0 Å². The minimum Gasteiger partial charge on any atom is -0.353 e. The van der Waals surface area contributed by atoms with Crippen LogP contribution >= 0.6 is 0 Å². The fourth-order valence-corrected chi connectivity index (χ4v) is 2.36. The Labute approximate surface area is 130 Å². The minimum absolute atomic E-state index is 0.0994. The van der Waals surface area contributed by atoms with Crippen molar-refractivity contribution in [2.75, 3.05) is 20.6 Å². The molecule has 1 amide bonds. The van der Waals surface area contributed by atoms with Crippen molar-refractivity contribution in [3.05, 3.63) is 59.4 Å². The largest absolute Gasteiger partial charge is 0.353 e. The first kappa shape index (κ1) is 15.8. The van der Waals surface area contributed by atoms with Gasteiger partial charge in [0.25, 0.3) is 5.91 Å². The molecule has 1 N–H and O–H groups in total. The van der Waals surface area contributed by atoms with Gasteiger partial charge in [-0.1, -0.05) is 0 Å². The van der Waals surface area contributed by atoms with Gasteiger partial charge in [0.05, 0.1) is 17.7 Å². The molecule has 1 heterocycles. The standard InChI is InChI=1S/C17H20N4O/c1-20(2)16(15-5-4-10-21(15)3)12-19-17(22)14-8-6-13(11-18)7-9-14/h4-10,16H,12H2,1-3H3,(H,19,22)/t16-/m0/s1. The first-order chi connectivity index (χ1) is 10.5. The number of benzene rings is 1. The zero-order chi connectivity index (χ0) is 16.1. The van der Waals surface area contributed by atoms with Crippen molar-refractivity contribution in [1.82, 2.24) is 14.8 Å². The fourth-order valence-electron chi connectivity index (χ4n) is 2.36. The van der Waals surface area contributed by atoms with E-state index in [1.165, 1.54) is 0 Å². The number of amides is 1. The average Bonchev–Trinajstić information content (AvgIpc) is 2.93. The Morgan fingerprint density at radius 1 is 1.32 bits per heavy atom. The topological polar surface area (TPSA) is 61.1 Å². The van der Waals surface area contributed by atoms with Crippen molar-refractivity contribution in [1.29, 1.82) is 5.26 Å². The van der Waals surface area contributed by atoms with Gasteiger partial charge >= 0.3 is 0 Å². The van der Waals surface area contributed by atoms with Gasteiger partial charge in [-0.15, -0.1) is 0 Å². The predicted molar refractivity (Wildman–Crippen MR) is 85.3 cm³/mol. The summed E-state index contributed by atoms with van der Waals surface area (Å²) in [5, 5.41) is 11.7. The number of hydrogen-bond acceptors (Lipinski definition) is 3. The van der Waals surface area contributed by atoms with Crippen LogP contribution in [0.1, 0.15) is 27.7 Å². The SMILES string of the molecule is CN(C)[C@@H](CNC(=O)c1ccc(C#N)cc1)c1cccn1C. The zero-order valence-corrected chi connectivity index (χ0v) is 13.1. The lowest BCUT2D eigenvalue weighted by Crippen LogP contribution is -2.35. The number of nitrogens with one attached hydrogen (secondary N) is 1. The van der Waals surface area contributed by atoms with E-state index < -0.39 is 0 Å². The highest BCUT2D eigenvalue weighted by Gasteiger charge is 2.18. The fraction of sp³-hybridized carbons (Fsp3) is 0.294. The van der Waals surface area contributed by atoms with Crippen LogP contribution in [0, 0.1) is 11.3 Å². The van der Waals surface area contributed by atoms with Crippen molar-refractivity contribution >= 4 is 5.91 Å². The Balaban J connectivity index is 2.04. The third-order valence-electron chi connectivity index (χ3n) is 3.68. The van der Waals surface area contributed by atoms with E-state index >= 15 is 0 Å². The second-order valence-corrected chi connectivity index (χ2v) is 5.42. The molecule has 0 saturated carbocycles. The lowest BCUT2D eigenvalue weighted by molar-refractivity contribution is 0.0941. The van der Waals surface area contributed by atoms with Gasteiger partial charge in [-0.3, -0.25) is 9.69 Å². The second-order valence-electron chi connectivity index (χ2n) is 5.42. The molecule has 114 valence electrons. The van der Waals surface area contributed by atoms with Gasteiger partial charge in [-0.25, -0.2) is 0 Å². The zero-order valence-electron chi connectivity index (χ0n) is 13.1. The molecule has 1 aromatic heterocycles. The molecule has 0 fully saturated rings. The number of aryl methyl sites for hydroxylation is 1. The molecule has 5 nitrogen and oxygen atoms in total. The molecule has 0 aliphatic rings. The van der Waals surface area contributed by atoms with E-state index in [2.05, 4.69) is 20.9 Å². The van der Waals surface area contributed by atoms with E-state index in [0.717, 1.165) is 5.69 Å². The molecule has 22 heavy (non-hydrogen) atoms. The summed E-state index contributed by atoms with van der Waals surface area (Å²) in [5.41, 5.74) is 2.25. The molecular formula is C17H20N4O. The minimum atomic E-state index is -0.134. The molecule has 0 spiro atoms. The molecule has 0 bridgehead atoms. The van der Waals surface area contributed by atoms with Gasteiger partial charge in [0.15, 0.2) is 0 Å². The molecule has 2 aromatic rings. The normalized spacial score (nSPS) is 12.0. The van der Waals surface area contributed by atoms with Crippen molar-refractivity contribution in [3.8, 4) is 6.07 Å². The number of rotatable bonds is 5. The maximum atomic E-state index is 12.2. The number of carbonyl (C=O) groups excluding carboxylic acids is 1. The molecule has 1 aromatic carbocycles. The smallest absolute Gasteiger partial charge is 0.251 e. The highest BCUT2D eigenvalue weighted by atomic mass is 16.1. The van der Waals surface area contributed by atoms with Gasteiger partial charge in [0.1, 0.15) is 0 Å². The van der Waals surface area contributed by atoms with Crippen molar-refractivity contribution < 1.29 is 4.79 Å². The van der Waals surface area contributed by atoms with E-state index in [9.17, 15) is 4.79 Å². The van der Waals surface area contributed by atoms with Gasteiger partial charge < -0.3 is 9.88 Å². The van der Waals surface area contributed by atoms with Gasteiger partial charge in [0.2, 0.25) is 0 Å². The van der Waals surface area contributed by atoms with E-state index in [1.807, 2.05) is 39.5 Å². The van der Waals surface area contributed by atoms with E-state index in [0.29, 0.717) is 17.7 Å². The number of nitriles is 1. The van der Waals surface area contributed by atoms with Crippen LogP contribution in [-0.4, -0.2) is 36.0 Å². The number of likely N-dealkylation sites (N-methyl/N-ethyl adjacent to an activating group) is 1. The van der Waals surface area contributed by atoms with Gasteiger partial charge in [-0.2, -0.15) is 5.26 Å². The first-order valence-corrected chi connectivity index (χ1v) is 7.09. The summed E-state index contributed by atoms with van der Waals surface area (Å²) in [6.07, 6.45) is 1.99. The molecule has 0 aliphatic heterocycles. The quantitative estimate of drug-likeness (QED) is 0.917. The number of carbonyl (C=O) groups is 1. The summed E-state index contributed by atoms with van der Waals surface area (Å²) in [6, 6.07) is 12.8. The van der Waals surface area contributed by atoms with E-state index in [4.69, 9.17) is 5.26 Å². The summed E-state index contributed by atoms with van der Waals surface area (Å²) < 4.78 is 2.05. The molecule has 0 saturated heterocycles. The average molecular weight is 296 g/mol. The Bertz CT molecular complexity index is 679. The maximum Gasteiger partial charge on any atom is 0.251 e. The number of hydrogen-bond donors (Lipinski definition) is 1. The Hall–Kier alpha value is -2.58. The molecule has 0 aliphatic carbocycles. The van der Waals surface area contributed by atoms with E-state index in [1.54, 1.807) is 24.3 Å². The van der Waals surface area contributed by atoms with Crippen molar-refractivity contribution in [2.24, 2.45) is 7.05 Å². The van der Waals surface area contributed by atoms with Crippen LogP contribution in [0.25, 0.3) is 0 Å². The Kier molecular flexibility index (Phi) is 4.97. The number of aromatic nitrogens is 1. The van der Waals surface area contributed by atoms with Crippen LogP contribution in [0.4, 0.5) is 0 Å². The number of nitrogens with zero attached hydrogens (tertiary/aromatic N) is 3. The lowest BCUT2D eigenvalue weighted by atomic mass is 10.1. The molecule has 2 rings (SSSR count). The van der Waals surface area contributed by atoms with E-state index in [-0.39, 0.29) is 11.9 Å². The molecular weight excluding hydrogens is 276 g/mol.